The van der Waals surface area contributed by atoms with Gasteiger partial charge < -0.3 is 10.2 Å². The van der Waals surface area contributed by atoms with E-state index in [9.17, 15) is 9.59 Å². The van der Waals surface area contributed by atoms with Crippen LogP contribution < -0.4 is 5.32 Å². The average molecular weight is 304 g/mol. The second-order valence-electron chi connectivity index (χ2n) is 5.72. The number of hydrogen-bond acceptors (Lipinski definition) is 3. The van der Waals surface area contributed by atoms with Gasteiger partial charge in [-0.3, -0.25) is 9.59 Å². The monoisotopic (exact) mass is 304 g/mol. The van der Waals surface area contributed by atoms with Gasteiger partial charge in [-0.15, -0.1) is 0 Å². The van der Waals surface area contributed by atoms with Crippen LogP contribution in [0.3, 0.4) is 0 Å². The summed E-state index contributed by atoms with van der Waals surface area (Å²) in [6.07, 6.45) is 4.32. The molecule has 2 amide bonds. The van der Waals surface area contributed by atoms with Crippen molar-refractivity contribution in [3.05, 3.63) is 29.3 Å². The molecule has 3 rings (SSSR count). The van der Waals surface area contributed by atoms with E-state index in [-0.39, 0.29) is 6.04 Å². The van der Waals surface area contributed by atoms with Crippen molar-refractivity contribution in [2.24, 2.45) is 0 Å². The van der Waals surface area contributed by atoms with Crippen LogP contribution >= 0.6 is 11.8 Å². The van der Waals surface area contributed by atoms with Gasteiger partial charge in [-0.2, -0.15) is 11.8 Å². The standard InChI is InChI=1S/C16H20N2O2S/c1-18(14-7-8-21-10-14)16(20)15(19)17-13-6-5-11-3-2-4-12(11)9-13/h5-6,9,14H,2-4,7-8,10H2,1H3,(H,17,19). The number of nitrogens with zero attached hydrogens (tertiary/aromatic N) is 1. The third kappa shape index (κ3) is 3.07. The molecule has 0 bridgehead atoms. The van der Waals surface area contributed by atoms with E-state index in [1.165, 1.54) is 17.5 Å². The van der Waals surface area contributed by atoms with E-state index < -0.39 is 11.8 Å². The number of likely N-dealkylation sites (N-methyl/N-ethyl adjacent to an activating group) is 1. The maximum absolute atomic E-state index is 12.2. The van der Waals surface area contributed by atoms with E-state index in [4.69, 9.17) is 0 Å². The van der Waals surface area contributed by atoms with Crippen molar-refractivity contribution in [2.75, 3.05) is 23.9 Å². The number of carbonyl (C=O) groups is 2. The Balaban J connectivity index is 1.64. The first-order valence-electron chi connectivity index (χ1n) is 7.43. The Labute approximate surface area is 129 Å². The van der Waals surface area contributed by atoms with Gasteiger partial charge in [-0.1, -0.05) is 6.07 Å². The zero-order valence-electron chi connectivity index (χ0n) is 12.2. The second kappa shape index (κ2) is 6.10. The van der Waals surface area contributed by atoms with E-state index in [1.807, 2.05) is 23.9 Å². The normalized spacial score (nSPS) is 20.1. The number of hydrogen-bond donors (Lipinski definition) is 1. The molecular formula is C16H20N2O2S. The van der Waals surface area contributed by atoms with Crippen LogP contribution in [0.1, 0.15) is 24.0 Å². The third-order valence-corrected chi connectivity index (χ3v) is 5.47. The van der Waals surface area contributed by atoms with Crippen molar-refractivity contribution in [3.63, 3.8) is 0 Å². The number of amides is 2. The summed E-state index contributed by atoms with van der Waals surface area (Å²) in [7, 11) is 1.72. The molecule has 0 spiro atoms. The maximum Gasteiger partial charge on any atom is 0.313 e. The lowest BCUT2D eigenvalue weighted by atomic mass is 10.1. The first-order chi connectivity index (χ1) is 10.1. The molecule has 2 aliphatic rings. The molecule has 4 nitrogen and oxygen atoms in total. The zero-order chi connectivity index (χ0) is 14.8. The fraction of sp³-hybridized carbons (Fsp3) is 0.500. The molecule has 1 aliphatic heterocycles. The highest BCUT2D eigenvalue weighted by Crippen LogP contribution is 2.25. The summed E-state index contributed by atoms with van der Waals surface area (Å²) in [5.74, 6) is 1.01. The maximum atomic E-state index is 12.2. The first kappa shape index (κ1) is 14.4. The van der Waals surface area contributed by atoms with Gasteiger partial charge in [-0.05, 0) is 54.7 Å². The second-order valence-corrected chi connectivity index (χ2v) is 6.87. The van der Waals surface area contributed by atoms with Crippen LogP contribution in [-0.2, 0) is 22.4 Å². The topological polar surface area (TPSA) is 49.4 Å². The SMILES string of the molecule is CN(C(=O)C(=O)Nc1ccc2c(c1)CCC2)C1CCSC1. The average Bonchev–Trinajstić information content (AvgIpc) is 3.16. The molecule has 21 heavy (non-hydrogen) atoms. The summed E-state index contributed by atoms with van der Waals surface area (Å²) in [5, 5.41) is 2.74. The number of thioether (sulfide) groups is 1. The summed E-state index contributed by atoms with van der Waals surface area (Å²) < 4.78 is 0. The predicted octanol–water partition coefficient (Wildman–Crippen LogP) is 2.08. The summed E-state index contributed by atoms with van der Waals surface area (Å²) in [5.41, 5.74) is 3.38. The number of fused-ring (bicyclic) bond motifs is 1. The van der Waals surface area contributed by atoms with E-state index in [0.717, 1.165) is 36.5 Å². The Morgan fingerprint density at radius 1 is 1.29 bits per heavy atom. The molecule has 5 heteroatoms. The number of carbonyl (C=O) groups excluding carboxylic acids is 2. The zero-order valence-corrected chi connectivity index (χ0v) is 13.0. The van der Waals surface area contributed by atoms with E-state index in [1.54, 1.807) is 11.9 Å². The first-order valence-corrected chi connectivity index (χ1v) is 8.58. The van der Waals surface area contributed by atoms with Crippen molar-refractivity contribution in [2.45, 2.75) is 31.7 Å². The van der Waals surface area contributed by atoms with Gasteiger partial charge in [0, 0.05) is 24.5 Å². The molecule has 1 aromatic rings. The highest BCUT2D eigenvalue weighted by Gasteiger charge is 2.28. The Bertz CT molecular complexity index is 567. The summed E-state index contributed by atoms with van der Waals surface area (Å²) in [4.78, 5) is 25.9. The van der Waals surface area contributed by atoms with Gasteiger partial charge >= 0.3 is 11.8 Å². The quantitative estimate of drug-likeness (QED) is 0.851. The van der Waals surface area contributed by atoms with Gasteiger partial charge in [0.25, 0.3) is 0 Å². The predicted molar refractivity (Wildman–Crippen MR) is 85.6 cm³/mol. The number of rotatable bonds is 2. The lowest BCUT2D eigenvalue weighted by Gasteiger charge is -2.23. The van der Waals surface area contributed by atoms with Crippen molar-refractivity contribution >= 4 is 29.3 Å². The molecule has 1 unspecified atom stereocenters. The van der Waals surface area contributed by atoms with Crippen LogP contribution in [0.2, 0.25) is 0 Å². The molecular weight excluding hydrogens is 284 g/mol. The lowest BCUT2D eigenvalue weighted by molar-refractivity contribution is -0.143. The number of benzene rings is 1. The van der Waals surface area contributed by atoms with Crippen LogP contribution in [0.4, 0.5) is 5.69 Å². The van der Waals surface area contributed by atoms with Gasteiger partial charge in [0.05, 0.1) is 0 Å². The van der Waals surface area contributed by atoms with Gasteiger partial charge in [0.1, 0.15) is 0 Å². The van der Waals surface area contributed by atoms with Crippen molar-refractivity contribution < 1.29 is 9.59 Å². The molecule has 1 saturated heterocycles. The number of aryl methyl sites for hydroxylation is 2. The molecule has 1 aliphatic carbocycles. The fourth-order valence-electron chi connectivity index (χ4n) is 2.99. The van der Waals surface area contributed by atoms with Gasteiger partial charge in [-0.25, -0.2) is 0 Å². The molecule has 0 radical (unpaired) electrons. The Kier molecular flexibility index (Phi) is 4.19. The minimum absolute atomic E-state index is 0.188. The van der Waals surface area contributed by atoms with Crippen LogP contribution in [0.15, 0.2) is 18.2 Å². The van der Waals surface area contributed by atoms with Crippen molar-refractivity contribution in [1.82, 2.24) is 4.90 Å². The molecule has 0 saturated carbocycles. The van der Waals surface area contributed by atoms with E-state index in [2.05, 4.69) is 11.4 Å². The van der Waals surface area contributed by atoms with Crippen LogP contribution in [0, 0.1) is 0 Å². The summed E-state index contributed by atoms with van der Waals surface area (Å²) >= 11 is 1.83. The van der Waals surface area contributed by atoms with Crippen molar-refractivity contribution in [3.8, 4) is 0 Å². The Morgan fingerprint density at radius 2 is 2.10 bits per heavy atom. The Hall–Kier alpha value is -1.49. The molecule has 1 fully saturated rings. The summed E-state index contributed by atoms with van der Waals surface area (Å²) in [6, 6.07) is 6.13. The largest absolute Gasteiger partial charge is 0.334 e. The number of nitrogens with one attached hydrogen (secondary N) is 1. The third-order valence-electron chi connectivity index (χ3n) is 4.32. The fourth-order valence-corrected chi connectivity index (χ4v) is 4.26. The molecule has 0 aromatic heterocycles. The van der Waals surface area contributed by atoms with Crippen LogP contribution in [-0.4, -0.2) is 41.3 Å². The summed E-state index contributed by atoms with van der Waals surface area (Å²) in [6.45, 7) is 0. The van der Waals surface area contributed by atoms with Crippen LogP contribution in [0.5, 0.6) is 0 Å². The Morgan fingerprint density at radius 3 is 2.86 bits per heavy atom. The highest BCUT2D eigenvalue weighted by atomic mass is 32.2. The lowest BCUT2D eigenvalue weighted by Crippen LogP contribution is -2.43. The smallest absolute Gasteiger partial charge is 0.313 e. The molecule has 1 atom stereocenters. The van der Waals surface area contributed by atoms with Gasteiger partial charge in [0.15, 0.2) is 0 Å². The van der Waals surface area contributed by atoms with E-state index >= 15 is 0 Å². The molecule has 1 heterocycles. The molecule has 112 valence electrons. The number of anilines is 1. The van der Waals surface area contributed by atoms with E-state index in [0.29, 0.717) is 0 Å². The molecule has 1 N–H and O–H groups in total. The van der Waals surface area contributed by atoms with Crippen molar-refractivity contribution in [1.29, 1.82) is 0 Å². The minimum Gasteiger partial charge on any atom is -0.334 e. The molecule has 1 aromatic carbocycles. The van der Waals surface area contributed by atoms with Gasteiger partial charge in [0.2, 0.25) is 0 Å². The van der Waals surface area contributed by atoms with Crippen LogP contribution in [0.25, 0.3) is 0 Å². The highest BCUT2D eigenvalue weighted by molar-refractivity contribution is 7.99. The minimum atomic E-state index is -0.535.